The van der Waals surface area contributed by atoms with Crippen molar-refractivity contribution in [1.82, 2.24) is 9.38 Å². The molecule has 0 spiro atoms. The van der Waals surface area contributed by atoms with Crippen molar-refractivity contribution < 1.29 is 0 Å². The first kappa shape index (κ1) is 11.8. The second-order valence-corrected chi connectivity index (χ2v) is 5.61. The van der Waals surface area contributed by atoms with Crippen LogP contribution in [-0.4, -0.2) is 9.38 Å². The second-order valence-electron chi connectivity index (χ2n) is 5.20. The van der Waals surface area contributed by atoms with E-state index >= 15 is 0 Å². The van der Waals surface area contributed by atoms with Crippen LogP contribution in [-0.2, 0) is 0 Å². The van der Waals surface area contributed by atoms with Crippen LogP contribution in [0, 0.1) is 0 Å². The van der Waals surface area contributed by atoms with Crippen molar-refractivity contribution in [1.29, 1.82) is 0 Å². The largest absolute Gasteiger partial charge is 0.301 e. The van der Waals surface area contributed by atoms with Crippen LogP contribution in [0.4, 0.5) is 0 Å². The normalized spacial score (nSPS) is 16.6. The molecule has 1 aliphatic carbocycles. The summed E-state index contributed by atoms with van der Waals surface area (Å²) in [6.45, 7) is 6.15. The zero-order valence-electron chi connectivity index (χ0n) is 10.6. The molecule has 0 amide bonds. The molecule has 94 valence electrons. The number of allylic oxidation sites excluding steroid dienone is 1. The molecule has 0 aliphatic heterocycles. The van der Waals surface area contributed by atoms with Gasteiger partial charge in [0.2, 0.25) is 0 Å². The molecular weight excluding hydrogens is 244 g/mol. The van der Waals surface area contributed by atoms with Gasteiger partial charge in [-0.25, -0.2) is 4.98 Å². The summed E-state index contributed by atoms with van der Waals surface area (Å²) < 4.78 is 2.16. The highest BCUT2D eigenvalue weighted by atomic mass is 35.5. The molecule has 3 heteroatoms. The molecule has 0 N–H and O–H groups in total. The van der Waals surface area contributed by atoms with Crippen LogP contribution in [0.1, 0.15) is 49.8 Å². The van der Waals surface area contributed by atoms with E-state index in [1.165, 1.54) is 36.9 Å². The molecule has 3 rings (SSSR count). The Morgan fingerprint density at radius 1 is 1.44 bits per heavy atom. The van der Waals surface area contributed by atoms with Crippen molar-refractivity contribution in [2.45, 2.75) is 38.5 Å². The van der Waals surface area contributed by atoms with E-state index in [1.807, 2.05) is 19.4 Å². The number of rotatable bonds is 2. The number of nitrogens with zero attached hydrogens (tertiary/aromatic N) is 2. The summed E-state index contributed by atoms with van der Waals surface area (Å²) in [7, 11) is 0. The predicted molar refractivity (Wildman–Crippen MR) is 76.1 cm³/mol. The third kappa shape index (κ3) is 1.76. The molecule has 0 unspecified atom stereocenters. The first-order valence-corrected chi connectivity index (χ1v) is 6.86. The van der Waals surface area contributed by atoms with Gasteiger partial charge < -0.3 is 4.40 Å². The van der Waals surface area contributed by atoms with E-state index in [0.29, 0.717) is 5.92 Å². The van der Waals surface area contributed by atoms with Gasteiger partial charge in [0.15, 0.2) is 0 Å². The summed E-state index contributed by atoms with van der Waals surface area (Å²) >= 11 is 6.32. The fourth-order valence-electron chi connectivity index (χ4n) is 3.03. The van der Waals surface area contributed by atoms with Gasteiger partial charge in [0.05, 0.1) is 23.1 Å². The number of imidazole rings is 1. The lowest BCUT2D eigenvalue weighted by Crippen LogP contribution is -2.06. The van der Waals surface area contributed by atoms with Gasteiger partial charge in [0, 0.05) is 11.6 Å². The Morgan fingerprint density at radius 3 is 2.83 bits per heavy atom. The highest BCUT2D eigenvalue weighted by molar-refractivity contribution is 6.34. The topological polar surface area (TPSA) is 17.3 Å². The summed E-state index contributed by atoms with van der Waals surface area (Å²) in [5, 5.41) is 0.757. The Balaban J connectivity index is 2.30. The van der Waals surface area contributed by atoms with E-state index in [0.717, 1.165) is 16.1 Å². The van der Waals surface area contributed by atoms with Crippen molar-refractivity contribution in [3.63, 3.8) is 0 Å². The molecular formula is C15H17ClN2. The van der Waals surface area contributed by atoms with E-state index in [1.54, 1.807) is 0 Å². The Hall–Kier alpha value is -1.28. The quantitative estimate of drug-likeness (QED) is 0.766. The van der Waals surface area contributed by atoms with Crippen molar-refractivity contribution >= 4 is 22.7 Å². The number of halogens is 1. The second kappa shape index (κ2) is 4.43. The van der Waals surface area contributed by atoms with Crippen LogP contribution in [0.15, 0.2) is 25.2 Å². The molecule has 0 bridgehead atoms. The molecule has 1 saturated carbocycles. The number of fused-ring (bicyclic) bond motifs is 1. The number of aromatic nitrogens is 2. The molecule has 18 heavy (non-hydrogen) atoms. The number of hydrogen-bond donors (Lipinski definition) is 0. The molecule has 1 fully saturated rings. The van der Waals surface area contributed by atoms with Gasteiger partial charge in [0.1, 0.15) is 0 Å². The summed E-state index contributed by atoms with van der Waals surface area (Å²) in [4.78, 5) is 4.24. The van der Waals surface area contributed by atoms with Gasteiger partial charge in [-0.15, -0.1) is 0 Å². The maximum atomic E-state index is 6.32. The summed E-state index contributed by atoms with van der Waals surface area (Å²) in [5.74, 6) is 0.616. The summed E-state index contributed by atoms with van der Waals surface area (Å²) in [5.41, 5.74) is 4.62. The summed E-state index contributed by atoms with van der Waals surface area (Å²) in [6.07, 6.45) is 8.87. The average molecular weight is 261 g/mol. The van der Waals surface area contributed by atoms with Gasteiger partial charge in [0.25, 0.3) is 0 Å². The van der Waals surface area contributed by atoms with Crippen LogP contribution in [0.3, 0.4) is 0 Å². The smallest absolute Gasteiger partial charge is 0.0995 e. The molecule has 1 aliphatic rings. The van der Waals surface area contributed by atoms with Gasteiger partial charge in [-0.2, -0.15) is 0 Å². The lowest BCUT2D eigenvalue weighted by Gasteiger charge is -2.18. The fraction of sp³-hybridized carbons (Fsp3) is 0.400. The van der Waals surface area contributed by atoms with E-state index in [2.05, 4.69) is 22.0 Å². The molecule has 2 heterocycles. The Kier molecular flexibility index (Phi) is 2.90. The minimum Gasteiger partial charge on any atom is -0.301 e. The van der Waals surface area contributed by atoms with Crippen LogP contribution in [0.2, 0.25) is 5.02 Å². The van der Waals surface area contributed by atoms with E-state index < -0.39 is 0 Å². The van der Waals surface area contributed by atoms with E-state index in [4.69, 9.17) is 11.6 Å². The molecule has 0 saturated heterocycles. The minimum atomic E-state index is 0.616. The average Bonchev–Trinajstić information content (AvgIpc) is 2.99. The maximum absolute atomic E-state index is 6.32. The molecule has 2 aromatic rings. The third-order valence-electron chi connectivity index (χ3n) is 3.89. The van der Waals surface area contributed by atoms with Crippen LogP contribution >= 0.6 is 11.6 Å². The Labute approximate surface area is 112 Å². The lowest BCUT2D eigenvalue weighted by atomic mass is 9.95. The Bertz CT molecular complexity index is 606. The van der Waals surface area contributed by atoms with Gasteiger partial charge in [-0.1, -0.05) is 31.0 Å². The van der Waals surface area contributed by atoms with Crippen molar-refractivity contribution in [2.24, 2.45) is 0 Å². The highest BCUT2D eigenvalue weighted by Crippen LogP contribution is 2.39. The van der Waals surface area contributed by atoms with Gasteiger partial charge in [-0.3, -0.25) is 0 Å². The molecule has 0 aromatic carbocycles. The van der Waals surface area contributed by atoms with Crippen LogP contribution in [0.5, 0.6) is 0 Å². The summed E-state index contributed by atoms with van der Waals surface area (Å²) in [6, 6.07) is 2.05. The SMILES string of the molecule is C=C(C)c1cc(Cl)c2cncn2c1C1CCCC1. The number of hydrogen-bond acceptors (Lipinski definition) is 1. The Morgan fingerprint density at radius 2 is 2.17 bits per heavy atom. The van der Waals surface area contributed by atoms with Crippen molar-refractivity contribution in [2.75, 3.05) is 0 Å². The van der Waals surface area contributed by atoms with Crippen molar-refractivity contribution in [3.05, 3.63) is 41.4 Å². The maximum Gasteiger partial charge on any atom is 0.0995 e. The predicted octanol–water partition coefficient (Wildman–Crippen LogP) is 4.68. The first-order valence-electron chi connectivity index (χ1n) is 6.49. The van der Waals surface area contributed by atoms with Gasteiger partial charge in [-0.05, 0) is 37.0 Å². The highest BCUT2D eigenvalue weighted by Gasteiger charge is 2.23. The molecule has 2 aromatic heterocycles. The van der Waals surface area contributed by atoms with Crippen LogP contribution < -0.4 is 0 Å². The third-order valence-corrected chi connectivity index (χ3v) is 4.19. The van der Waals surface area contributed by atoms with E-state index in [-0.39, 0.29) is 0 Å². The molecule has 0 atom stereocenters. The first-order chi connectivity index (χ1) is 8.68. The minimum absolute atomic E-state index is 0.616. The van der Waals surface area contributed by atoms with Crippen LogP contribution in [0.25, 0.3) is 11.1 Å². The lowest BCUT2D eigenvalue weighted by molar-refractivity contribution is 0.683. The molecule has 2 nitrogen and oxygen atoms in total. The van der Waals surface area contributed by atoms with Crippen molar-refractivity contribution in [3.8, 4) is 0 Å². The zero-order chi connectivity index (χ0) is 12.7. The monoisotopic (exact) mass is 260 g/mol. The fourth-order valence-corrected chi connectivity index (χ4v) is 3.27. The zero-order valence-corrected chi connectivity index (χ0v) is 11.4. The number of pyridine rings is 1. The standard InChI is InChI=1S/C15H17ClN2/c1-10(2)12-7-13(16)14-8-17-9-18(14)15(12)11-5-3-4-6-11/h7-9,11H,1,3-6H2,2H3. The van der Waals surface area contributed by atoms with E-state index in [9.17, 15) is 0 Å². The van der Waals surface area contributed by atoms with Gasteiger partial charge >= 0.3 is 0 Å². The molecule has 0 radical (unpaired) electrons.